The third kappa shape index (κ3) is 5.20. The summed E-state index contributed by atoms with van der Waals surface area (Å²) < 4.78 is 0. The van der Waals surface area contributed by atoms with Crippen molar-refractivity contribution in [2.75, 3.05) is 6.54 Å². The van der Waals surface area contributed by atoms with Crippen molar-refractivity contribution in [2.45, 2.75) is 71.6 Å². The lowest BCUT2D eigenvalue weighted by molar-refractivity contribution is -0.121. The molecule has 1 aliphatic carbocycles. The lowest BCUT2D eigenvalue weighted by Gasteiger charge is -2.35. The first-order valence-corrected chi connectivity index (χ1v) is 7.30. The molecular formula is C15H29NO. The minimum Gasteiger partial charge on any atom is -0.330 e. The van der Waals surface area contributed by atoms with Crippen LogP contribution in [0.25, 0.3) is 0 Å². The molecule has 0 aromatic heterocycles. The van der Waals surface area contributed by atoms with Gasteiger partial charge in [0.2, 0.25) is 0 Å². The SMILES string of the molecule is CC(C)CCCC(=O)CC1(CN)CCCCC1. The molecule has 100 valence electrons. The molecule has 1 rings (SSSR count). The third-order valence-corrected chi connectivity index (χ3v) is 4.16. The van der Waals surface area contributed by atoms with Crippen LogP contribution in [0.2, 0.25) is 0 Å². The first-order chi connectivity index (χ1) is 8.08. The number of nitrogens with two attached hydrogens (primary N) is 1. The topological polar surface area (TPSA) is 43.1 Å². The van der Waals surface area contributed by atoms with Gasteiger partial charge in [0.05, 0.1) is 0 Å². The van der Waals surface area contributed by atoms with Crippen LogP contribution in [0.1, 0.15) is 71.6 Å². The summed E-state index contributed by atoms with van der Waals surface area (Å²) in [6, 6.07) is 0. The van der Waals surface area contributed by atoms with Crippen molar-refractivity contribution in [2.24, 2.45) is 17.1 Å². The minimum absolute atomic E-state index is 0.160. The molecule has 0 aromatic rings. The highest BCUT2D eigenvalue weighted by Crippen LogP contribution is 2.38. The Kier molecular flexibility index (Phi) is 6.18. The summed E-state index contributed by atoms with van der Waals surface area (Å²) in [5.74, 6) is 1.15. The van der Waals surface area contributed by atoms with Gasteiger partial charge in [-0.1, -0.05) is 39.5 Å². The van der Waals surface area contributed by atoms with E-state index in [9.17, 15) is 4.79 Å². The predicted molar refractivity (Wildman–Crippen MR) is 72.9 cm³/mol. The van der Waals surface area contributed by atoms with Crippen molar-refractivity contribution < 1.29 is 4.79 Å². The van der Waals surface area contributed by atoms with Crippen molar-refractivity contribution in [1.29, 1.82) is 0 Å². The van der Waals surface area contributed by atoms with Gasteiger partial charge in [0.15, 0.2) is 0 Å². The van der Waals surface area contributed by atoms with Gasteiger partial charge in [0.1, 0.15) is 5.78 Å². The number of rotatable bonds is 7. The Hall–Kier alpha value is -0.370. The zero-order valence-corrected chi connectivity index (χ0v) is 11.6. The molecular weight excluding hydrogens is 210 g/mol. The van der Waals surface area contributed by atoms with E-state index in [4.69, 9.17) is 5.73 Å². The van der Waals surface area contributed by atoms with Gasteiger partial charge >= 0.3 is 0 Å². The van der Waals surface area contributed by atoms with Gasteiger partial charge in [-0.05, 0) is 37.1 Å². The summed E-state index contributed by atoms with van der Waals surface area (Å²) >= 11 is 0. The van der Waals surface area contributed by atoms with Crippen LogP contribution >= 0.6 is 0 Å². The van der Waals surface area contributed by atoms with E-state index in [2.05, 4.69) is 13.8 Å². The van der Waals surface area contributed by atoms with Gasteiger partial charge in [-0.15, -0.1) is 0 Å². The normalized spacial score (nSPS) is 19.5. The van der Waals surface area contributed by atoms with Gasteiger partial charge in [0, 0.05) is 12.8 Å². The maximum absolute atomic E-state index is 12.0. The Labute approximate surface area is 106 Å². The number of hydrogen-bond donors (Lipinski definition) is 1. The summed E-state index contributed by atoms with van der Waals surface area (Å²) in [6.45, 7) is 5.13. The maximum Gasteiger partial charge on any atom is 0.133 e. The van der Waals surface area contributed by atoms with Crippen LogP contribution in [-0.4, -0.2) is 12.3 Å². The van der Waals surface area contributed by atoms with Gasteiger partial charge in [-0.25, -0.2) is 0 Å². The average molecular weight is 239 g/mol. The Morgan fingerprint density at radius 3 is 2.41 bits per heavy atom. The lowest BCUT2D eigenvalue weighted by atomic mass is 9.70. The fourth-order valence-corrected chi connectivity index (χ4v) is 2.97. The quantitative estimate of drug-likeness (QED) is 0.736. The molecule has 2 nitrogen and oxygen atoms in total. The molecule has 0 saturated heterocycles. The number of Topliss-reactive ketones (excluding diaryl/α,β-unsaturated/α-hetero) is 1. The van der Waals surface area contributed by atoms with Crippen LogP contribution in [0.3, 0.4) is 0 Å². The molecule has 0 unspecified atom stereocenters. The molecule has 0 aliphatic heterocycles. The molecule has 2 heteroatoms. The van der Waals surface area contributed by atoms with Crippen LogP contribution in [0.5, 0.6) is 0 Å². The molecule has 2 N–H and O–H groups in total. The standard InChI is InChI=1S/C15H29NO/c1-13(2)7-6-8-14(17)11-15(12-16)9-4-3-5-10-15/h13H,3-12,16H2,1-2H3. The summed E-state index contributed by atoms with van der Waals surface area (Å²) in [5, 5.41) is 0. The molecule has 0 aromatic carbocycles. The van der Waals surface area contributed by atoms with E-state index in [0.29, 0.717) is 18.2 Å². The number of ketones is 1. The lowest BCUT2D eigenvalue weighted by Crippen LogP contribution is -2.35. The molecule has 0 spiro atoms. The van der Waals surface area contributed by atoms with Crippen molar-refractivity contribution in [3.63, 3.8) is 0 Å². The first-order valence-electron chi connectivity index (χ1n) is 7.30. The van der Waals surface area contributed by atoms with Crippen LogP contribution in [-0.2, 0) is 4.79 Å². The van der Waals surface area contributed by atoms with E-state index in [1.807, 2.05) is 0 Å². The monoisotopic (exact) mass is 239 g/mol. The van der Waals surface area contributed by atoms with E-state index in [-0.39, 0.29) is 5.41 Å². The van der Waals surface area contributed by atoms with E-state index in [1.165, 1.54) is 38.5 Å². The molecule has 1 aliphatic rings. The first kappa shape index (κ1) is 14.7. The summed E-state index contributed by atoms with van der Waals surface area (Å²) in [5.41, 5.74) is 6.07. The highest BCUT2D eigenvalue weighted by molar-refractivity contribution is 5.79. The second-order valence-electron chi connectivity index (χ2n) is 6.27. The van der Waals surface area contributed by atoms with Gasteiger partial charge in [0.25, 0.3) is 0 Å². The van der Waals surface area contributed by atoms with Crippen LogP contribution in [0, 0.1) is 11.3 Å². The molecule has 0 amide bonds. The molecule has 1 saturated carbocycles. The highest BCUT2D eigenvalue weighted by Gasteiger charge is 2.32. The van der Waals surface area contributed by atoms with Crippen LogP contribution in [0.15, 0.2) is 0 Å². The average Bonchev–Trinajstić information content (AvgIpc) is 2.29. The minimum atomic E-state index is 0.160. The van der Waals surface area contributed by atoms with Crippen molar-refractivity contribution in [3.05, 3.63) is 0 Å². The Morgan fingerprint density at radius 1 is 1.24 bits per heavy atom. The fraction of sp³-hybridized carbons (Fsp3) is 0.933. The van der Waals surface area contributed by atoms with Gasteiger partial charge < -0.3 is 5.73 Å². The second-order valence-corrected chi connectivity index (χ2v) is 6.27. The van der Waals surface area contributed by atoms with Crippen molar-refractivity contribution >= 4 is 5.78 Å². The second kappa shape index (κ2) is 7.15. The van der Waals surface area contributed by atoms with Crippen molar-refractivity contribution in [3.8, 4) is 0 Å². The molecule has 17 heavy (non-hydrogen) atoms. The largest absolute Gasteiger partial charge is 0.330 e. The molecule has 0 radical (unpaired) electrons. The molecule has 0 atom stereocenters. The molecule has 0 heterocycles. The Bertz CT molecular complexity index is 229. The van der Waals surface area contributed by atoms with E-state index in [1.54, 1.807) is 0 Å². The van der Waals surface area contributed by atoms with E-state index in [0.717, 1.165) is 19.3 Å². The van der Waals surface area contributed by atoms with Crippen LogP contribution < -0.4 is 5.73 Å². The maximum atomic E-state index is 12.0. The third-order valence-electron chi connectivity index (χ3n) is 4.16. The summed E-state index contributed by atoms with van der Waals surface area (Å²) in [4.78, 5) is 12.0. The van der Waals surface area contributed by atoms with E-state index >= 15 is 0 Å². The summed E-state index contributed by atoms with van der Waals surface area (Å²) in [7, 11) is 0. The fourth-order valence-electron chi connectivity index (χ4n) is 2.97. The number of carbonyl (C=O) groups is 1. The zero-order valence-electron chi connectivity index (χ0n) is 11.6. The zero-order chi connectivity index (χ0) is 12.7. The van der Waals surface area contributed by atoms with Gasteiger partial charge in [-0.3, -0.25) is 4.79 Å². The highest BCUT2D eigenvalue weighted by atomic mass is 16.1. The Balaban J connectivity index is 2.32. The smallest absolute Gasteiger partial charge is 0.133 e. The van der Waals surface area contributed by atoms with E-state index < -0.39 is 0 Å². The van der Waals surface area contributed by atoms with Crippen molar-refractivity contribution in [1.82, 2.24) is 0 Å². The Morgan fingerprint density at radius 2 is 1.88 bits per heavy atom. The summed E-state index contributed by atoms with van der Waals surface area (Å²) in [6.07, 6.45) is 9.90. The van der Waals surface area contributed by atoms with Crippen LogP contribution in [0.4, 0.5) is 0 Å². The number of carbonyl (C=O) groups excluding carboxylic acids is 1. The predicted octanol–water partition coefficient (Wildman–Crippen LogP) is 3.68. The number of hydrogen-bond acceptors (Lipinski definition) is 2. The molecule has 0 bridgehead atoms. The van der Waals surface area contributed by atoms with Gasteiger partial charge in [-0.2, -0.15) is 0 Å². The molecule has 1 fully saturated rings.